The molecule has 3 N–H and O–H groups in total. The second-order valence-electron chi connectivity index (χ2n) is 14.2. The molecule has 0 saturated carbocycles. The SMILES string of the molecule is COc1ccc(C(OC[C@H]2O[C@@H](n3cnc4c3N=CNC4NC(=O)C(C)C)C(OC(=S)N3CCS(=O)(=O)CC3)C2O)(c2ccccc2)c2ccc(OC)cc2)cc1. The third-order valence-corrected chi connectivity index (χ3v) is 12.3. The number of sulfone groups is 1. The Morgan fingerprint density at radius 3 is 2.16 bits per heavy atom. The summed E-state index contributed by atoms with van der Waals surface area (Å²) in [6.45, 7) is 3.76. The number of nitrogens with one attached hydrogen (secondary N) is 2. The zero-order valence-electron chi connectivity index (χ0n) is 32.0. The Labute approximate surface area is 336 Å². The predicted molar refractivity (Wildman–Crippen MR) is 215 cm³/mol. The highest BCUT2D eigenvalue weighted by Crippen LogP contribution is 2.44. The Bertz CT molecular complexity index is 2120. The highest BCUT2D eigenvalue weighted by Gasteiger charge is 2.50. The summed E-state index contributed by atoms with van der Waals surface area (Å²) in [7, 11) is 0.0128. The van der Waals surface area contributed by atoms with Crippen LogP contribution in [0.2, 0.25) is 0 Å². The van der Waals surface area contributed by atoms with E-state index in [0.717, 1.165) is 16.7 Å². The molecule has 0 aliphatic carbocycles. The van der Waals surface area contributed by atoms with E-state index in [1.54, 1.807) is 37.5 Å². The molecule has 3 unspecified atom stereocenters. The topological polar surface area (TPSA) is 175 Å². The molecule has 4 heterocycles. The number of fused-ring (bicyclic) bond motifs is 1. The van der Waals surface area contributed by atoms with Crippen molar-refractivity contribution in [3.8, 4) is 11.5 Å². The maximum absolute atomic E-state index is 12.7. The number of aromatic nitrogens is 2. The minimum Gasteiger partial charge on any atom is -0.497 e. The molecule has 0 bridgehead atoms. The van der Waals surface area contributed by atoms with Crippen molar-refractivity contribution >= 4 is 45.3 Å². The van der Waals surface area contributed by atoms with Crippen molar-refractivity contribution in [1.29, 1.82) is 0 Å². The molecule has 7 rings (SSSR count). The number of carbonyl (C=O) groups excluding carboxylic acids is 1. The summed E-state index contributed by atoms with van der Waals surface area (Å²) in [5.41, 5.74) is 1.63. The van der Waals surface area contributed by atoms with Crippen LogP contribution < -0.4 is 20.1 Å². The number of ether oxygens (including phenoxy) is 5. The number of amides is 1. The van der Waals surface area contributed by atoms with Gasteiger partial charge in [0.2, 0.25) is 5.91 Å². The number of thiocarbonyl (C=S) groups is 1. The lowest BCUT2D eigenvalue weighted by molar-refractivity contribution is -0.124. The fourth-order valence-corrected chi connectivity index (χ4v) is 8.63. The lowest BCUT2D eigenvalue weighted by atomic mass is 9.80. The van der Waals surface area contributed by atoms with Crippen LogP contribution in [0.4, 0.5) is 5.82 Å². The number of imidazole rings is 1. The highest BCUT2D eigenvalue weighted by atomic mass is 32.2. The molecule has 5 atom stereocenters. The highest BCUT2D eigenvalue weighted by molar-refractivity contribution is 7.91. The molecular weight excluding hydrogens is 773 g/mol. The molecule has 15 nitrogen and oxygen atoms in total. The van der Waals surface area contributed by atoms with Gasteiger partial charge in [-0.05, 0) is 53.2 Å². The largest absolute Gasteiger partial charge is 0.497 e. The van der Waals surface area contributed by atoms with E-state index < -0.39 is 46.1 Å². The van der Waals surface area contributed by atoms with Crippen LogP contribution in [-0.2, 0) is 34.4 Å². The van der Waals surface area contributed by atoms with E-state index in [1.807, 2.05) is 78.9 Å². The monoisotopic (exact) mass is 818 g/mol. The Morgan fingerprint density at radius 1 is 0.982 bits per heavy atom. The van der Waals surface area contributed by atoms with Gasteiger partial charge in [0.25, 0.3) is 5.17 Å². The number of rotatable bonds is 12. The molecule has 3 aromatic carbocycles. The minimum atomic E-state index is -3.20. The molecule has 4 aromatic rings. The van der Waals surface area contributed by atoms with Crippen LogP contribution in [0.3, 0.4) is 0 Å². The molecule has 0 spiro atoms. The van der Waals surface area contributed by atoms with Crippen molar-refractivity contribution in [2.45, 2.75) is 50.2 Å². The maximum atomic E-state index is 12.7. The fourth-order valence-electron chi connectivity index (χ4n) is 7.14. The van der Waals surface area contributed by atoms with Crippen molar-refractivity contribution in [3.63, 3.8) is 0 Å². The first kappa shape index (κ1) is 40.1. The summed E-state index contributed by atoms with van der Waals surface area (Å²) in [6.07, 6.45) is -2.11. The summed E-state index contributed by atoms with van der Waals surface area (Å²) in [4.78, 5) is 23.5. The standard InChI is InChI=1S/C40H46N6O9S2/c1-25(2)37(48)44-35-32-36(42-23-41-35)46(24-43-32)38-34(55-39(56)45-18-20-57(49,50)21-19-45)33(47)31(54-38)22-53-40(26-8-6-5-7-9-26,27-10-14-29(51-3)15-11-27)28-12-16-30(52-4)17-13-28/h5-17,23-25,31,33-35,38,47H,18-22H2,1-4H3,(H,41,42)(H,44,48)/t31-,33?,34?,35?,38-/m1/s1. The number of carbonyl (C=O) groups is 1. The third-order valence-electron chi connectivity index (χ3n) is 10.4. The summed E-state index contributed by atoms with van der Waals surface area (Å²) >= 11 is 5.71. The van der Waals surface area contributed by atoms with Crippen LogP contribution in [0.15, 0.2) is 90.2 Å². The van der Waals surface area contributed by atoms with E-state index in [0.29, 0.717) is 23.0 Å². The van der Waals surface area contributed by atoms with Gasteiger partial charge in [-0.15, -0.1) is 0 Å². The molecule has 3 aliphatic heterocycles. The van der Waals surface area contributed by atoms with E-state index in [1.165, 1.54) is 12.7 Å². The molecule has 1 amide bonds. The number of aliphatic imine (C=N–C) groups is 1. The molecule has 2 saturated heterocycles. The second kappa shape index (κ2) is 16.8. The van der Waals surface area contributed by atoms with Gasteiger partial charge < -0.3 is 44.3 Å². The molecule has 2 fully saturated rings. The number of methoxy groups -OCH3 is 2. The van der Waals surface area contributed by atoms with Crippen molar-refractivity contribution in [3.05, 3.63) is 108 Å². The van der Waals surface area contributed by atoms with E-state index in [2.05, 4.69) is 20.6 Å². The zero-order chi connectivity index (χ0) is 40.3. The van der Waals surface area contributed by atoms with E-state index in [4.69, 9.17) is 35.9 Å². The van der Waals surface area contributed by atoms with Crippen molar-refractivity contribution in [2.24, 2.45) is 10.9 Å². The second-order valence-corrected chi connectivity index (χ2v) is 16.9. The van der Waals surface area contributed by atoms with Gasteiger partial charge in [-0.1, -0.05) is 68.4 Å². The number of aliphatic hydroxyl groups excluding tert-OH is 1. The van der Waals surface area contributed by atoms with Crippen LogP contribution in [0, 0.1) is 5.92 Å². The minimum absolute atomic E-state index is 0.0282. The summed E-state index contributed by atoms with van der Waals surface area (Å²) < 4.78 is 57.2. The summed E-state index contributed by atoms with van der Waals surface area (Å²) in [5, 5.41) is 18.2. The van der Waals surface area contributed by atoms with Gasteiger partial charge >= 0.3 is 0 Å². The molecule has 57 heavy (non-hydrogen) atoms. The maximum Gasteiger partial charge on any atom is 0.259 e. The van der Waals surface area contributed by atoms with Crippen molar-refractivity contribution in [1.82, 2.24) is 25.1 Å². The lowest BCUT2D eigenvalue weighted by Gasteiger charge is -2.37. The Hall–Kier alpha value is -5.07. The number of hydrogen-bond acceptors (Lipinski definition) is 13. The van der Waals surface area contributed by atoms with E-state index >= 15 is 0 Å². The first-order valence-electron chi connectivity index (χ1n) is 18.6. The van der Waals surface area contributed by atoms with Crippen LogP contribution >= 0.6 is 12.2 Å². The normalized spacial score (nSPS) is 22.7. The first-order chi connectivity index (χ1) is 27.4. The first-order valence-corrected chi connectivity index (χ1v) is 20.8. The number of hydrogen-bond donors (Lipinski definition) is 3. The number of aliphatic hydroxyl groups is 1. The van der Waals surface area contributed by atoms with Gasteiger partial charge in [0.05, 0.1) is 45.0 Å². The summed E-state index contributed by atoms with van der Waals surface area (Å²) in [6, 6.07) is 24.9. The third kappa shape index (κ3) is 8.20. The zero-order valence-corrected chi connectivity index (χ0v) is 33.6. The van der Waals surface area contributed by atoms with Gasteiger partial charge in [0, 0.05) is 19.0 Å². The van der Waals surface area contributed by atoms with Gasteiger partial charge in [-0.25, -0.2) is 18.4 Å². The average Bonchev–Trinajstić information content (AvgIpc) is 3.79. The van der Waals surface area contributed by atoms with E-state index in [9.17, 15) is 18.3 Å². The number of nitrogens with zero attached hydrogens (tertiary/aromatic N) is 4. The van der Waals surface area contributed by atoms with Crippen LogP contribution in [0.1, 0.15) is 48.6 Å². The van der Waals surface area contributed by atoms with Gasteiger partial charge in [0.15, 0.2) is 28.0 Å². The molecule has 0 radical (unpaired) electrons. The van der Waals surface area contributed by atoms with Crippen LogP contribution in [-0.4, -0.2) is 109 Å². The molecule has 1 aromatic heterocycles. The smallest absolute Gasteiger partial charge is 0.259 e. The quantitative estimate of drug-likeness (QED) is 0.140. The van der Waals surface area contributed by atoms with Gasteiger partial charge in [-0.3, -0.25) is 9.36 Å². The van der Waals surface area contributed by atoms with Crippen LogP contribution in [0.25, 0.3) is 0 Å². The predicted octanol–water partition coefficient (Wildman–Crippen LogP) is 3.60. The van der Waals surface area contributed by atoms with Gasteiger partial charge in [-0.2, -0.15) is 0 Å². The number of benzene rings is 3. The molecule has 302 valence electrons. The van der Waals surface area contributed by atoms with Crippen molar-refractivity contribution in [2.75, 3.05) is 45.4 Å². The van der Waals surface area contributed by atoms with E-state index in [-0.39, 0.29) is 48.2 Å². The molecule has 3 aliphatic rings. The average molecular weight is 819 g/mol. The Balaban J connectivity index is 1.25. The Morgan fingerprint density at radius 2 is 1.58 bits per heavy atom. The Kier molecular flexibility index (Phi) is 11.8. The molecule has 17 heteroatoms. The summed E-state index contributed by atoms with van der Waals surface area (Å²) in [5.74, 6) is 1.12. The lowest BCUT2D eigenvalue weighted by Crippen LogP contribution is -2.47. The van der Waals surface area contributed by atoms with Gasteiger partial charge in [0.1, 0.15) is 41.2 Å². The fraction of sp³-hybridized carbons (Fsp3) is 0.400. The molecular formula is C40H46N6O9S2. The van der Waals surface area contributed by atoms with Crippen LogP contribution in [0.5, 0.6) is 11.5 Å². The van der Waals surface area contributed by atoms with Crippen molar-refractivity contribution < 1.29 is 42.0 Å².